The molecule has 2 N–H and O–H groups in total. The summed E-state index contributed by atoms with van der Waals surface area (Å²) in [6.07, 6.45) is -0.0926. The van der Waals surface area contributed by atoms with Gasteiger partial charge in [0, 0.05) is 6.42 Å². The van der Waals surface area contributed by atoms with Crippen molar-refractivity contribution in [3.63, 3.8) is 0 Å². The average Bonchev–Trinajstić information content (AvgIpc) is 1.81. The van der Waals surface area contributed by atoms with E-state index in [4.69, 9.17) is 10.2 Å². The largest absolute Gasteiger partial charge is 0.481 e. The molecule has 0 aliphatic rings. The van der Waals surface area contributed by atoms with Gasteiger partial charge < -0.3 is 10.2 Å². The maximum Gasteiger partial charge on any atom is 0.318 e. The molecule has 0 aromatic heterocycles. The van der Waals surface area contributed by atoms with E-state index < -0.39 is 17.9 Å². The van der Waals surface area contributed by atoms with Crippen LogP contribution in [-0.4, -0.2) is 22.2 Å². The minimum Gasteiger partial charge on any atom is -0.481 e. The van der Waals surface area contributed by atoms with Crippen molar-refractivity contribution in [2.24, 2.45) is 5.92 Å². The van der Waals surface area contributed by atoms with Crippen LogP contribution in [-0.2, 0) is 9.59 Å². The molecule has 0 spiro atoms. The fourth-order valence-electron chi connectivity index (χ4n) is 0.502. The summed E-state index contributed by atoms with van der Waals surface area (Å²) in [6.45, 7) is 3.35. The number of halogens is 1. The van der Waals surface area contributed by atoms with E-state index in [1.807, 2.05) is 0 Å². The zero-order valence-electron chi connectivity index (χ0n) is 5.58. The molecular formula is C6H7BrO4. The fourth-order valence-corrected chi connectivity index (χ4v) is 0.825. The van der Waals surface area contributed by atoms with Crippen LogP contribution in [0.25, 0.3) is 0 Å². The smallest absolute Gasteiger partial charge is 0.318 e. The van der Waals surface area contributed by atoms with Gasteiger partial charge in [0.25, 0.3) is 0 Å². The molecule has 0 aliphatic carbocycles. The van der Waals surface area contributed by atoms with Crippen LogP contribution in [0.5, 0.6) is 0 Å². The maximum absolute atomic E-state index is 10.2. The van der Waals surface area contributed by atoms with Crippen molar-refractivity contribution in [3.8, 4) is 0 Å². The Labute approximate surface area is 71.7 Å². The van der Waals surface area contributed by atoms with Crippen LogP contribution in [0.15, 0.2) is 11.1 Å². The highest BCUT2D eigenvalue weighted by Gasteiger charge is 2.25. The molecule has 0 atom stereocenters. The average molecular weight is 223 g/mol. The molecule has 4 nitrogen and oxygen atoms in total. The van der Waals surface area contributed by atoms with Gasteiger partial charge in [-0.25, -0.2) is 0 Å². The quantitative estimate of drug-likeness (QED) is 0.699. The third-order valence-corrected chi connectivity index (χ3v) is 1.35. The molecule has 5 heteroatoms. The van der Waals surface area contributed by atoms with Crippen molar-refractivity contribution in [1.82, 2.24) is 0 Å². The molecule has 0 heterocycles. The van der Waals surface area contributed by atoms with Crippen LogP contribution in [0.2, 0.25) is 0 Å². The zero-order chi connectivity index (χ0) is 9.02. The van der Waals surface area contributed by atoms with Crippen LogP contribution >= 0.6 is 15.9 Å². The van der Waals surface area contributed by atoms with E-state index in [1.165, 1.54) is 0 Å². The SMILES string of the molecule is C=C(Br)CC(C(=O)O)C(=O)O. The maximum atomic E-state index is 10.2. The number of carbonyl (C=O) groups is 2. The molecule has 0 rings (SSSR count). The van der Waals surface area contributed by atoms with Crippen LogP contribution in [0.3, 0.4) is 0 Å². The summed E-state index contributed by atoms with van der Waals surface area (Å²) in [5.74, 6) is -4.10. The van der Waals surface area contributed by atoms with E-state index in [0.29, 0.717) is 4.48 Å². The molecule has 0 radical (unpaired) electrons. The van der Waals surface area contributed by atoms with Gasteiger partial charge in [0.05, 0.1) is 0 Å². The second-order valence-electron chi connectivity index (χ2n) is 1.95. The predicted octanol–water partition coefficient (Wildman–Crippen LogP) is 1.07. The number of carboxylic acids is 2. The molecule has 0 aliphatic heterocycles. The third kappa shape index (κ3) is 3.77. The van der Waals surface area contributed by atoms with Gasteiger partial charge in [0.2, 0.25) is 0 Å². The lowest BCUT2D eigenvalue weighted by Crippen LogP contribution is -2.23. The van der Waals surface area contributed by atoms with E-state index in [-0.39, 0.29) is 6.42 Å². The minimum absolute atomic E-state index is 0.0926. The van der Waals surface area contributed by atoms with Crippen molar-refractivity contribution >= 4 is 27.9 Å². The van der Waals surface area contributed by atoms with Crippen molar-refractivity contribution in [2.75, 3.05) is 0 Å². The highest BCUT2D eigenvalue weighted by atomic mass is 79.9. The number of hydrogen-bond acceptors (Lipinski definition) is 2. The monoisotopic (exact) mass is 222 g/mol. The summed E-state index contributed by atoms with van der Waals surface area (Å²) in [7, 11) is 0. The van der Waals surface area contributed by atoms with Gasteiger partial charge in [-0.1, -0.05) is 22.5 Å². The first kappa shape index (κ1) is 10.2. The molecule has 0 aromatic carbocycles. The van der Waals surface area contributed by atoms with Crippen LogP contribution in [0.4, 0.5) is 0 Å². The van der Waals surface area contributed by atoms with Crippen LogP contribution in [0.1, 0.15) is 6.42 Å². The highest BCUT2D eigenvalue weighted by molar-refractivity contribution is 9.11. The molecule has 0 aromatic rings. The molecule has 0 bridgehead atoms. The molecule has 0 fully saturated rings. The minimum atomic E-state index is -1.40. The van der Waals surface area contributed by atoms with Crippen molar-refractivity contribution in [2.45, 2.75) is 6.42 Å². The number of rotatable bonds is 4. The molecule has 11 heavy (non-hydrogen) atoms. The van der Waals surface area contributed by atoms with E-state index >= 15 is 0 Å². The van der Waals surface area contributed by atoms with Gasteiger partial charge in [0.1, 0.15) is 0 Å². The molecule has 0 saturated heterocycles. The lowest BCUT2D eigenvalue weighted by molar-refractivity contribution is -0.154. The highest BCUT2D eigenvalue weighted by Crippen LogP contribution is 2.15. The number of hydrogen-bond donors (Lipinski definition) is 2. The summed E-state index contributed by atoms with van der Waals surface area (Å²) >= 11 is 2.89. The Morgan fingerprint density at radius 1 is 1.36 bits per heavy atom. The molecular weight excluding hydrogens is 216 g/mol. The Bertz CT molecular complexity index is 185. The Hall–Kier alpha value is -0.840. The van der Waals surface area contributed by atoms with Gasteiger partial charge in [-0.05, 0) is 4.48 Å². The standard InChI is InChI=1S/C6H7BrO4/c1-3(7)2-4(5(8)9)6(10)11/h4H,1-2H2,(H,8,9)(H,10,11). The Morgan fingerprint density at radius 3 is 1.82 bits per heavy atom. The van der Waals surface area contributed by atoms with Crippen molar-refractivity contribution < 1.29 is 19.8 Å². The Morgan fingerprint density at radius 2 is 1.73 bits per heavy atom. The van der Waals surface area contributed by atoms with Crippen LogP contribution < -0.4 is 0 Å². The summed E-state index contributed by atoms with van der Waals surface area (Å²) in [5.41, 5.74) is 0. The summed E-state index contributed by atoms with van der Waals surface area (Å²) in [4.78, 5) is 20.5. The third-order valence-electron chi connectivity index (χ3n) is 1.02. The lowest BCUT2D eigenvalue weighted by Gasteiger charge is -2.04. The van der Waals surface area contributed by atoms with E-state index in [2.05, 4.69) is 22.5 Å². The van der Waals surface area contributed by atoms with E-state index in [1.54, 1.807) is 0 Å². The number of carboxylic acid groups (broad SMARTS) is 2. The number of aliphatic carboxylic acids is 2. The Balaban J connectivity index is 4.23. The summed E-state index contributed by atoms with van der Waals surface area (Å²) < 4.78 is 0.368. The van der Waals surface area contributed by atoms with Gasteiger partial charge in [-0.2, -0.15) is 0 Å². The number of allylic oxidation sites excluding steroid dienone is 1. The second kappa shape index (κ2) is 4.12. The van der Waals surface area contributed by atoms with Gasteiger partial charge in [-0.15, -0.1) is 0 Å². The van der Waals surface area contributed by atoms with Crippen LogP contribution in [0, 0.1) is 5.92 Å². The first-order valence-corrected chi connectivity index (χ1v) is 3.53. The summed E-state index contributed by atoms with van der Waals surface area (Å²) in [6, 6.07) is 0. The van der Waals surface area contributed by atoms with E-state index in [0.717, 1.165) is 0 Å². The van der Waals surface area contributed by atoms with Gasteiger partial charge in [0.15, 0.2) is 5.92 Å². The summed E-state index contributed by atoms with van der Waals surface area (Å²) in [5, 5.41) is 16.7. The van der Waals surface area contributed by atoms with E-state index in [9.17, 15) is 9.59 Å². The first-order valence-electron chi connectivity index (χ1n) is 2.74. The predicted molar refractivity (Wildman–Crippen MR) is 41.4 cm³/mol. The second-order valence-corrected chi connectivity index (χ2v) is 3.07. The molecule has 62 valence electrons. The molecule has 0 amide bonds. The fraction of sp³-hybridized carbons (Fsp3) is 0.333. The van der Waals surface area contributed by atoms with Gasteiger partial charge in [-0.3, -0.25) is 9.59 Å². The van der Waals surface area contributed by atoms with Gasteiger partial charge >= 0.3 is 11.9 Å². The zero-order valence-corrected chi connectivity index (χ0v) is 7.17. The van der Waals surface area contributed by atoms with Crippen molar-refractivity contribution in [1.29, 1.82) is 0 Å². The lowest BCUT2D eigenvalue weighted by atomic mass is 10.1. The first-order chi connectivity index (χ1) is 4.95. The van der Waals surface area contributed by atoms with Crippen molar-refractivity contribution in [3.05, 3.63) is 11.1 Å². The normalized spacial score (nSPS) is 9.64. The molecule has 0 unspecified atom stereocenters. The topological polar surface area (TPSA) is 74.6 Å². The molecule has 0 saturated carbocycles. The Kier molecular flexibility index (Phi) is 3.81.